The quantitative estimate of drug-likeness (QED) is 0.783. The number of nitrogens with zero attached hydrogens (tertiary/aromatic N) is 2. The third kappa shape index (κ3) is 3.37. The molecule has 0 fully saturated rings. The number of thiophene rings is 1. The van der Waals surface area contributed by atoms with Crippen LogP contribution in [0.5, 0.6) is 0 Å². The van der Waals surface area contributed by atoms with E-state index in [1.807, 2.05) is 20.8 Å². The van der Waals surface area contributed by atoms with Crippen molar-refractivity contribution in [2.45, 2.75) is 31.0 Å². The van der Waals surface area contributed by atoms with E-state index in [9.17, 15) is 13.3 Å². The van der Waals surface area contributed by atoms with Crippen molar-refractivity contribution in [3.05, 3.63) is 22.4 Å². The van der Waals surface area contributed by atoms with Crippen molar-refractivity contribution in [1.82, 2.24) is 4.31 Å². The molecule has 1 rings (SSSR count). The van der Waals surface area contributed by atoms with Crippen molar-refractivity contribution in [1.29, 1.82) is 0 Å². The Hall–Kier alpha value is -0.790. The molecule has 0 saturated heterocycles. The van der Waals surface area contributed by atoms with Gasteiger partial charge in [0.2, 0.25) is 0 Å². The highest BCUT2D eigenvalue weighted by molar-refractivity contribution is 7.91. The van der Waals surface area contributed by atoms with Crippen LogP contribution in [0, 0.1) is 10.3 Å². The van der Waals surface area contributed by atoms with E-state index in [1.54, 1.807) is 17.5 Å². The number of sulfonamides is 1. The van der Waals surface area contributed by atoms with E-state index in [0.29, 0.717) is 0 Å². The summed E-state index contributed by atoms with van der Waals surface area (Å²) in [6.45, 7) is 5.69. The second kappa shape index (κ2) is 5.46. The summed E-state index contributed by atoms with van der Waals surface area (Å²) in [4.78, 5) is 10.8. The Labute approximate surface area is 112 Å². The summed E-state index contributed by atoms with van der Waals surface area (Å²) in [5, 5.41) is 4.75. The maximum atomic E-state index is 12.2. The zero-order valence-corrected chi connectivity index (χ0v) is 12.6. The van der Waals surface area contributed by atoms with Crippen LogP contribution in [0.25, 0.3) is 0 Å². The van der Waals surface area contributed by atoms with Crippen LogP contribution < -0.4 is 0 Å². The Kier molecular flexibility index (Phi) is 4.63. The van der Waals surface area contributed by atoms with Gasteiger partial charge in [-0.1, -0.05) is 32.0 Å². The molecule has 0 radical (unpaired) electrons. The van der Waals surface area contributed by atoms with Crippen LogP contribution in [0.15, 0.2) is 26.9 Å². The first-order valence-electron chi connectivity index (χ1n) is 5.52. The first-order chi connectivity index (χ1) is 8.19. The van der Waals surface area contributed by atoms with Gasteiger partial charge in [-0.15, -0.1) is 11.3 Å². The highest BCUT2D eigenvalue weighted by Gasteiger charge is 2.31. The van der Waals surface area contributed by atoms with E-state index in [4.69, 9.17) is 0 Å². The van der Waals surface area contributed by atoms with E-state index >= 15 is 0 Å². The molecular formula is C11H18N2O3S2. The summed E-state index contributed by atoms with van der Waals surface area (Å²) in [7, 11) is -2.04. The smallest absolute Gasteiger partial charge is 0.206 e. The maximum absolute atomic E-state index is 12.2. The fourth-order valence-electron chi connectivity index (χ4n) is 1.37. The normalized spacial score (nSPS) is 14.7. The van der Waals surface area contributed by atoms with Crippen molar-refractivity contribution in [3.63, 3.8) is 0 Å². The minimum Gasteiger partial charge on any atom is -0.206 e. The van der Waals surface area contributed by atoms with Gasteiger partial charge in [-0.2, -0.15) is 9.21 Å². The molecule has 1 aromatic heterocycles. The first-order valence-corrected chi connectivity index (χ1v) is 7.84. The molecule has 0 aliphatic heterocycles. The molecule has 0 bridgehead atoms. The molecule has 0 aromatic carbocycles. The van der Waals surface area contributed by atoms with E-state index in [2.05, 4.69) is 5.18 Å². The predicted molar refractivity (Wildman–Crippen MR) is 73.2 cm³/mol. The molecule has 7 heteroatoms. The monoisotopic (exact) mass is 290 g/mol. The van der Waals surface area contributed by atoms with Crippen LogP contribution in [-0.4, -0.2) is 32.4 Å². The second-order valence-electron chi connectivity index (χ2n) is 5.20. The molecule has 1 aromatic rings. The lowest BCUT2D eigenvalue weighted by atomic mass is 9.87. The zero-order chi connectivity index (χ0) is 14.0. The van der Waals surface area contributed by atoms with Gasteiger partial charge >= 0.3 is 0 Å². The highest BCUT2D eigenvalue weighted by Crippen LogP contribution is 2.26. The average molecular weight is 290 g/mol. The van der Waals surface area contributed by atoms with Crippen LogP contribution in [0.2, 0.25) is 0 Å². The van der Waals surface area contributed by atoms with E-state index in [1.165, 1.54) is 11.4 Å². The Balaban J connectivity index is 2.89. The van der Waals surface area contributed by atoms with Gasteiger partial charge in [-0.3, -0.25) is 0 Å². The van der Waals surface area contributed by atoms with Gasteiger partial charge in [0.25, 0.3) is 10.0 Å². The van der Waals surface area contributed by atoms with Gasteiger partial charge in [0.1, 0.15) is 10.3 Å². The Morgan fingerprint density at radius 1 is 1.44 bits per heavy atom. The molecule has 1 atom stereocenters. The van der Waals surface area contributed by atoms with Crippen LogP contribution in [0.4, 0.5) is 0 Å². The third-order valence-electron chi connectivity index (χ3n) is 2.72. The Bertz CT molecular complexity index is 489. The molecular weight excluding hydrogens is 272 g/mol. The summed E-state index contributed by atoms with van der Waals surface area (Å²) in [6.07, 6.45) is 0. The van der Waals surface area contributed by atoms with Gasteiger partial charge in [0.05, 0.1) is 0 Å². The lowest BCUT2D eigenvalue weighted by molar-refractivity contribution is 0.280. The molecule has 0 aliphatic carbocycles. The summed E-state index contributed by atoms with van der Waals surface area (Å²) < 4.78 is 25.8. The molecule has 1 heterocycles. The van der Waals surface area contributed by atoms with Crippen molar-refractivity contribution in [2.75, 3.05) is 13.6 Å². The van der Waals surface area contributed by atoms with Crippen molar-refractivity contribution < 1.29 is 8.42 Å². The number of nitroso groups, excluding NO2 is 1. The van der Waals surface area contributed by atoms with Gasteiger partial charge in [-0.25, -0.2) is 8.42 Å². The molecule has 0 aliphatic rings. The second-order valence-corrected chi connectivity index (χ2v) is 8.42. The van der Waals surface area contributed by atoms with Crippen LogP contribution >= 0.6 is 11.3 Å². The van der Waals surface area contributed by atoms with Gasteiger partial charge < -0.3 is 0 Å². The largest absolute Gasteiger partial charge is 0.252 e. The van der Waals surface area contributed by atoms with Gasteiger partial charge in [-0.05, 0) is 16.9 Å². The number of hydrogen-bond donors (Lipinski definition) is 0. The van der Waals surface area contributed by atoms with E-state index in [0.717, 1.165) is 11.3 Å². The van der Waals surface area contributed by atoms with Crippen molar-refractivity contribution in [2.24, 2.45) is 10.6 Å². The van der Waals surface area contributed by atoms with Gasteiger partial charge in [0, 0.05) is 13.6 Å². The highest BCUT2D eigenvalue weighted by atomic mass is 32.2. The van der Waals surface area contributed by atoms with Crippen molar-refractivity contribution >= 4 is 21.4 Å². The Morgan fingerprint density at radius 3 is 2.44 bits per heavy atom. The Morgan fingerprint density at radius 2 is 2.06 bits per heavy atom. The van der Waals surface area contributed by atoms with E-state index < -0.39 is 16.1 Å². The lowest BCUT2D eigenvalue weighted by Gasteiger charge is -2.27. The fourth-order valence-corrected chi connectivity index (χ4v) is 3.75. The molecule has 5 nitrogen and oxygen atoms in total. The lowest BCUT2D eigenvalue weighted by Crippen LogP contribution is -2.39. The maximum Gasteiger partial charge on any atom is 0.252 e. The molecule has 0 saturated carbocycles. The molecule has 0 spiro atoms. The molecule has 102 valence electrons. The van der Waals surface area contributed by atoms with E-state index in [-0.39, 0.29) is 16.2 Å². The summed E-state index contributed by atoms with van der Waals surface area (Å²) in [5.41, 5.74) is -0.360. The number of rotatable bonds is 5. The SMILES string of the molecule is CN(C[C@@H](N=O)C(C)(C)C)S(=O)(=O)c1cccs1. The van der Waals surface area contributed by atoms with Crippen LogP contribution in [-0.2, 0) is 10.0 Å². The molecule has 18 heavy (non-hydrogen) atoms. The topological polar surface area (TPSA) is 66.8 Å². The zero-order valence-electron chi connectivity index (χ0n) is 11.0. The predicted octanol–water partition coefficient (Wildman–Crippen LogP) is 2.55. The minimum atomic E-state index is -3.51. The molecule has 0 unspecified atom stereocenters. The van der Waals surface area contributed by atoms with Gasteiger partial charge in [0.15, 0.2) is 0 Å². The summed E-state index contributed by atoms with van der Waals surface area (Å²) >= 11 is 1.16. The standard InChI is InChI=1S/C11H18N2O3S2/c1-11(2,3)9(12-14)8-13(4)18(15,16)10-6-5-7-17-10/h5-7,9H,8H2,1-4H3/t9-/m1/s1. The van der Waals surface area contributed by atoms with Crippen LogP contribution in [0.3, 0.4) is 0 Å². The fraction of sp³-hybridized carbons (Fsp3) is 0.636. The molecule has 0 N–H and O–H groups in total. The minimum absolute atomic E-state index is 0.0905. The van der Waals surface area contributed by atoms with Crippen molar-refractivity contribution in [3.8, 4) is 0 Å². The number of hydrogen-bond acceptors (Lipinski definition) is 5. The summed E-state index contributed by atoms with van der Waals surface area (Å²) in [5.74, 6) is 0. The molecule has 0 amide bonds. The average Bonchev–Trinajstić information content (AvgIpc) is 2.77. The summed E-state index contributed by atoms with van der Waals surface area (Å²) in [6, 6.07) is 2.67. The third-order valence-corrected chi connectivity index (χ3v) is 5.91. The first kappa shape index (κ1) is 15.3. The number of likely N-dealkylation sites (N-methyl/N-ethyl adjacent to an activating group) is 1. The van der Waals surface area contributed by atoms with Crippen LogP contribution in [0.1, 0.15) is 20.8 Å².